The van der Waals surface area contributed by atoms with Gasteiger partial charge in [-0.3, -0.25) is 5.84 Å². The molecule has 0 aliphatic carbocycles. The lowest BCUT2D eigenvalue weighted by Crippen LogP contribution is -2.16. The number of nitrogens with two attached hydrogens (primary N) is 1. The van der Waals surface area contributed by atoms with Gasteiger partial charge in [-0.2, -0.15) is 13.2 Å². The van der Waals surface area contributed by atoms with Crippen LogP contribution in [0.1, 0.15) is 11.3 Å². The van der Waals surface area contributed by atoms with E-state index in [0.29, 0.717) is 0 Å². The zero-order valence-corrected chi connectivity index (χ0v) is 11.7. The van der Waals surface area contributed by atoms with Gasteiger partial charge in [-0.05, 0) is 41.6 Å². The molecule has 102 valence electrons. The normalized spacial score (nSPS) is 11.9. The lowest BCUT2D eigenvalue weighted by atomic mass is 10.1. The summed E-state index contributed by atoms with van der Waals surface area (Å²) >= 11 is 1.73. The fourth-order valence-electron chi connectivity index (χ4n) is 1.85. The Bertz CT molecular complexity index is 655. The highest BCUT2D eigenvalue weighted by Crippen LogP contribution is 2.37. The van der Waals surface area contributed by atoms with Crippen LogP contribution in [-0.4, -0.2) is 4.98 Å². The van der Waals surface area contributed by atoms with Gasteiger partial charge in [0.25, 0.3) is 0 Å². The third kappa shape index (κ3) is 2.46. The Balaban J connectivity index is 2.95. The van der Waals surface area contributed by atoms with E-state index in [1.807, 2.05) is 0 Å². The first-order valence-electron chi connectivity index (χ1n) is 5.09. The molecular formula is C11H8F4IN3. The lowest BCUT2D eigenvalue weighted by molar-refractivity contribution is -0.141. The van der Waals surface area contributed by atoms with Crippen LogP contribution in [0.15, 0.2) is 12.1 Å². The summed E-state index contributed by atoms with van der Waals surface area (Å²) in [7, 11) is 0. The maximum absolute atomic E-state index is 13.4. The number of halogens is 5. The Kier molecular flexibility index (Phi) is 3.56. The van der Waals surface area contributed by atoms with E-state index >= 15 is 0 Å². The summed E-state index contributed by atoms with van der Waals surface area (Å²) in [5, 5.41) is 0.220. The Labute approximate surface area is 119 Å². The molecule has 3 N–H and O–H groups in total. The number of hydrogen-bond donors (Lipinski definition) is 2. The number of nitrogen functional groups attached to an aromatic ring is 1. The highest BCUT2D eigenvalue weighted by Gasteiger charge is 2.36. The number of hydrogen-bond acceptors (Lipinski definition) is 3. The van der Waals surface area contributed by atoms with Crippen LogP contribution in [0, 0.1) is 16.3 Å². The fraction of sp³-hybridized carbons (Fsp3) is 0.182. The van der Waals surface area contributed by atoms with E-state index in [9.17, 15) is 17.6 Å². The fourth-order valence-corrected chi connectivity index (χ4v) is 2.56. The second kappa shape index (κ2) is 4.75. The Hall–Kier alpha value is -1.16. The van der Waals surface area contributed by atoms with Crippen molar-refractivity contribution in [2.45, 2.75) is 13.1 Å². The molecule has 0 saturated carbocycles. The molecule has 2 rings (SSSR count). The van der Waals surface area contributed by atoms with Crippen molar-refractivity contribution in [2.75, 3.05) is 5.43 Å². The zero-order valence-electron chi connectivity index (χ0n) is 9.57. The second-order valence-corrected chi connectivity index (χ2v) is 5.05. The molecule has 0 spiro atoms. The molecule has 19 heavy (non-hydrogen) atoms. The summed E-state index contributed by atoms with van der Waals surface area (Å²) < 4.78 is 52.3. The Morgan fingerprint density at radius 1 is 1.32 bits per heavy atom. The summed E-state index contributed by atoms with van der Waals surface area (Å²) in [6.45, 7) is 1.24. The van der Waals surface area contributed by atoms with E-state index in [4.69, 9.17) is 5.84 Å². The number of anilines is 1. The first-order chi connectivity index (χ1) is 8.75. The predicted molar refractivity (Wildman–Crippen MR) is 72.0 cm³/mol. The van der Waals surface area contributed by atoms with Crippen molar-refractivity contribution in [1.29, 1.82) is 0 Å². The van der Waals surface area contributed by atoms with Crippen molar-refractivity contribution >= 4 is 39.2 Å². The number of fused-ring (bicyclic) bond motifs is 1. The van der Waals surface area contributed by atoms with Crippen molar-refractivity contribution in [1.82, 2.24) is 4.98 Å². The van der Waals surface area contributed by atoms with Crippen LogP contribution in [-0.2, 0) is 6.18 Å². The van der Waals surface area contributed by atoms with Gasteiger partial charge in [-0.15, -0.1) is 0 Å². The molecule has 0 amide bonds. The molecule has 0 saturated heterocycles. The molecule has 8 heteroatoms. The molecule has 0 atom stereocenters. The number of nitrogens with one attached hydrogen (secondary N) is 1. The largest absolute Gasteiger partial charge is 0.433 e. The van der Waals surface area contributed by atoms with E-state index in [-0.39, 0.29) is 25.7 Å². The van der Waals surface area contributed by atoms with Crippen molar-refractivity contribution in [3.63, 3.8) is 0 Å². The van der Waals surface area contributed by atoms with Gasteiger partial charge in [0.15, 0.2) is 0 Å². The SMILES string of the molecule is Cc1c(C(F)(F)F)nc2c(I)cc(F)cc2c1NN. The topological polar surface area (TPSA) is 50.9 Å². The predicted octanol–water partition coefficient (Wildman–Crippen LogP) is 3.59. The second-order valence-electron chi connectivity index (χ2n) is 3.89. The van der Waals surface area contributed by atoms with Gasteiger partial charge in [0.2, 0.25) is 0 Å². The van der Waals surface area contributed by atoms with Gasteiger partial charge in [0.05, 0.1) is 11.2 Å². The molecule has 0 aliphatic rings. The number of pyridine rings is 1. The summed E-state index contributed by atoms with van der Waals surface area (Å²) in [6.07, 6.45) is -4.60. The quantitative estimate of drug-likeness (QED) is 0.342. The molecule has 0 unspecified atom stereocenters. The molecule has 0 radical (unpaired) electrons. The van der Waals surface area contributed by atoms with Crippen LogP contribution in [0.5, 0.6) is 0 Å². The summed E-state index contributed by atoms with van der Waals surface area (Å²) in [5.41, 5.74) is 1.09. The van der Waals surface area contributed by atoms with E-state index in [1.54, 1.807) is 22.6 Å². The van der Waals surface area contributed by atoms with Crippen LogP contribution in [0.2, 0.25) is 0 Å². The number of hydrazine groups is 1. The van der Waals surface area contributed by atoms with Crippen molar-refractivity contribution in [3.8, 4) is 0 Å². The minimum atomic E-state index is -4.60. The maximum Gasteiger partial charge on any atom is 0.433 e. The van der Waals surface area contributed by atoms with E-state index in [0.717, 1.165) is 12.1 Å². The number of rotatable bonds is 1. The number of aromatic nitrogens is 1. The monoisotopic (exact) mass is 385 g/mol. The minimum absolute atomic E-state index is 0.0229. The average Bonchev–Trinajstić information content (AvgIpc) is 2.26. The van der Waals surface area contributed by atoms with Crippen LogP contribution in [0.4, 0.5) is 23.2 Å². The zero-order chi connectivity index (χ0) is 14.4. The Morgan fingerprint density at radius 2 is 1.95 bits per heavy atom. The summed E-state index contributed by atoms with van der Waals surface area (Å²) in [6, 6.07) is 2.22. The van der Waals surface area contributed by atoms with Gasteiger partial charge in [0, 0.05) is 14.5 Å². The average molecular weight is 385 g/mol. The Morgan fingerprint density at radius 3 is 2.47 bits per heavy atom. The molecule has 0 fully saturated rings. The molecule has 0 bridgehead atoms. The maximum atomic E-state index is 13.4. The highest BCUT2D eigenvalue weighted by molar-refractivity contribution is 14.1. The van der Waals surface area contributed by atoms with Gasteiger partial charge in [0.1, 0.15) is 11.5 Å². The van der Waals surface area contributed by atoms with Gasteiger partial charge < -0.3 is 5.43 Å². The molecule has 2 aromatic rings. The van der Waals surface area contributed by atoms with Crippen LogP contribution < -0.4 is 11.3 Å². The molecule has 0 aliphatic heterocycles. The molecule has 1 aromatic heterocycles. The van der Waals surface area contributed by atoms with Gasteiger partial charge in [-0.1, -0.05) is 0 Å². The third-order valence-corrected chi connectivity index (χ3v) is 3.49. The van der Waals surface area contributed by atoms with Crippen LogP contribution in [0.3, 0.4) is 0 Å². The van der Waals surface area contributed by atoms with Crippen molar-refractivity contribution < 1.29 is 17.6 Å². The minimum Gasteiger partial charge on any atom is -0.323 e. The van der Waals surface area contributed by atoms with E-state index < -0.39 is 17.7 Å². The number of benzene rings is 1. The molecule has 1 heterocycles. The van der Waals surface area contributed by atoms with Crippen molar-refractivity contribution in [3.05, 3.63) is 32.8 Å². The van der Waals surface area contributed by atoms with Gasteiger partial charge >= 0.3 is 6.18 Å². The molecule has 1 aromatic carbocycles. The highest BCUT2D eigenvalue weighted by atomic mass is 127. The third-order valence-electron chi connectivity index (χ3n) is 2.66. The summed E-state index contributed by atoms with van der Waals surface area (Å²) in [4.78, 5) is 3.60. The van der Waals surface area contributed by atoms with Crippen LogP contribution in [0.25, 0.3) is 10.9 Å². The molecular weight excluding hydrogens is 377 g/mol. The standard InChI is InChI=1S/C11H8F4IN3/c1-4-8(19-17)6-2-5(12)3-7(16)9(6)18-10(4)11(13,14)15/h2-3H,17H2,1H3,(H,18,19). The first-order valence-corrected chi connectivity index (χ1v) is 6.16. The van der Waals surface area contributed by atoms with E-state index in [1.165, 1.54) is 6.92 Å². The van der Waals surface area contributed by atoms with E-state index in [2.05, 4.69) is 10.4 Å². The lowest BCUT2D eigenvalue weighted by Gasteiger charge is -2.16. The van der Waals surface area contributed by atoms with Crippen LogP contribution >= 0.6 is 22.6 Å². The smallest absolute Gasteiger partial charge is 0.323 e. The van der Waals surface area contributed by atoms with Crippen molar-refractivity contribution in [2.24, 2.45) is 5.84 Å². The molecule has 3 nitrogen and oxygen atoms in total. The number of alkyl halides is 3. The first kappa shape index (κ1) is 14.3. The van der Waals surface area contributed by atoms with Gasteiger partial charge in [-0.25, -0.2) is 9.37 Å². The number of nitrogens with zero attached hydrogens (tertiary/aromatic N) is 1. The summed E-state index contributed by atoms with van der Waals surface area (Å²) in [5.74, 6) is 4.70.